The second-order valence-corrected chi connectivity index (χ2v) is 18.4. The summed E-state index contributed by atoms with van der Waals surface area (Å²) in [7, 11) is 0.946. The van der Waals surface area contributed by atoms with E-state index >= 15 is 0 Å². The van der Waals surface area contributed by atoms with E-state index in [4.69, 9.17) is 32.0 Å². The first-order chi connectivity index (χ1) is 7.52. The lowest BCUT2D eigenvalue weighted by Gasteiger charge is -2.36. The maximum absolute atomic E-state index is 6.21. The van der Waals surface area contributed by atoms with Gasteiger partial charge >= 0.3 is 16.6 Å². The maximum atomic E-state index is 6.21. The number of hydrogen-bond donors (Lipinski definition) is 1. The highest BCUT2D eigenvalue weighted by Gasteiger charge is 2.64. The van der Waals surface area contributed by atoms with Crippen molar-refractivity contribution in [2.75, 3.05) is 42.7 Å². The second-order valence-electron chi connectivity index (χ2n) is 2.91. The standard InChI is InChI=1S/C6H21NO6Si3/c1-8-15(9-2,10-3)14(7)16(11-4,12-5)13-6/h14H,7H2,1-6H3. The van der Waals surface area contributed by atoms with Gasteiger partial charge in [0.2, 0.25) is 0 Å². The summed E-state index contributed by atoms with van der Waals surface area (Å²) >= 11 is 0. The van der Waals surface area contributed by atoms with E-state index in [1.807, 2.05) is 0 Å². The molecule has 16 heavy (non-hydrogen) atoms. The Kier molecular flexibility index (Phi) is 7.11. The van der Waals surface area contributed by atoms with E-state index in [9.17, 15) is 0 Å². The van der Waals surface area contributed by atoms with Gasteiger partial charge in [0.1, 0.15) is 0 Å². The third-order valence-electron chi connectivity index (χ3n) is 2.47. The third-order valence-corrected chi connectivity index (χ3v) is 22.6. The Bertz CT molecular complexity index is 164. The monoisotopic (exact) mass is 287 g/mol. The van der Waals surface area contributed by atoms with Gasteiger partial charge in [0.25, 0.3) is 7.99 Å². The Morgan fingerprint density at radius 3 is 0.938 bits per heavy atom. The number of rotatable bonds is 8. The first-order valence-electron chi connectivity index (χ1n) is 4.58. The molecule has 0 aromatic rings. The molecule has 0 amide bonds. The Balaban J connectivity index is 5.16. The van der Waals surface area contributed by atoms with Gasteiger partial charge < -0.3 is 32.0 Å². The first-order valence-corrected chi connectivity index (χ1v) is 12.3. The zero-order valence-corrected chi connectivity index (χ0v) is 13.8. The average molecular weight is 287 g/mol. The molecule has 0 aliphatic rings. The van der Waals surface area contributed by atoms with Gasteiger partial charge in [-0.15, -0.1) is 0 Å². The fourth-order valence-corrected chi connectivity index (χ4v) is 20.6. The maximum Gasteiger partial charge on any atom is 0.489 e. The van der Waals surface area contributed by atoms with Crippen LogP contribution in [0.25, 0.3) is 0 Å². The minimum atomic E-state index is -2.92. The normalized spacial score (nSPS) is 13.5. The quantitative estimate of drug-likeness (QED) is 0.549. The largest absolute Gasteiger partial charge is 0.489 e. The van der Waals surface area contributed by atoms with Crippen molar-refractivity contribution in [3.8, 4) is 0 Å². The van der Waals surface area contributed by atoms with Crippen LogP contribution in [0.1, 0.15) is 0 Å². The van der Waals surface area contributed by atoms with Gasteiger partial charge in [0.05, 0.1) is 0 Å². The first kappa shape index (κ1) is 16.4. The van der Waals surface area contributed by atoms with Crippen LogP contribution in [0.4, 0.5) is 0 Å². The van der Waals surface area contributed by atoms with Crippen LogP contribution in [-0.2, 0) is 26.6 Å². The second kappa shape index (κ2) is 6.95. The summed E-state index contributed by atoms with van der Waals surface area (Å²) in [6.07, 6.45) is 0. The lowest BCUT2D eigenvalue weighted by Crippen LogP contribution is -2.77. The molecule has 0 radical (unpaired) electrons. The van der Waals surface area contributed by atoms with Gasteiger partial charge in [-0.1, -0.05) is 0 Å². The fraction of sp³-hybridized carbons (Fsp3) is 1.00. The Hall–Kier alpha value is 0.371. The van der Waals surface area contributed by atoms with Crippen molar-refractivity contribution in [2.45, 2.75) is 0 Å². The lowest BCUT2D eigenvalue weighted by atomic mass is 11.8. The van der Waals surface area contributed by atoms with Gasteiger partial charge in [-0.05, 0) is 0 Å². The SMILES string of the molecule is CO[Si](OC)(OC)[SiH](N)[Si](OC)(OC)OC. The summed E-state index contributed by atoms with van der Waals surface area (Å²) in [5.41, 5.74) is 0. The van der Waals surface area contributed by atoms with Crippen molar-refractivity contribution in [3.05, 3.63) is 0 Å². The van der Waals surface area contributed by atoms with Crippen LogP contribution in [0.2, 0.25) is 0 Å². The molecule has 0 unspecified atom stereocenters. The van der Waals surface area contributed by atoms with Gasteiger partial charge in [-0.3, -0.25) is 0 Å². The molecule has 0 aromatic heterocycles. The van der Waals surface area contributed by atoms with Crippen molar-refractivity contribution in [1.29, 1.82) is 0 Å². The molecule has 0 aromatic carbocycles. The molecule has 98 valence electrons. The predicted octanol–water partition coefficient (Wildman–Crippen LogP) is -1.42. The summed E-state index contributed by atoms with van der Waals surface area (Å²) in [5.74, 6) is 0. The zero-order valence-electron chi connectivity index (χ0n) is 10.6. The van der Waals surface area contributed by atoms with Crippen molar-refractivity contribution in [1.82, 2.24) is 0 Å². The summed E-state index contributed by atoms with van der Waals surface area (Å²) in [5, 5.41) is 6.21. The fourth-order valence-electron chi connectivity index (χ4n) is 1.48. The highest BCUT2D eigenvalue weighted by atomic mass is 29.6. The van der Waals surface area contributed by atoms with Crippen molar-refractivity contribution in [2.24, 2.45) is 5.40 Å². The summed E-state index contributed by atoms with van der Waals surface area (Å²) in [4.78, 5) is 0. The molecule has 0 heterocycles. The topological polar surface area (TPSA) is 81.4 Å². The Morgan fingerprint density at radius 1 is 0.625 bits per heavy atom. The number of hydrogen-bond acceptors (Lipinski definition) is 7. The average Bonchev–Trinajstić information content (AvgIpc) is 2.35. The van der Waals surface area contributed by atoms with E-state index < -0.39 is 24.6 Å². The minimum Gasteiger partial charge on any atom is -0.379 e. The van der Waals surface area contributed by atoms with Gasteiger partial charge in [0, 0.05) is 42.7 Å². The molecule has 0 fully saturated rings. The number of nitrogens with two attached hydrogens (primary N) is 1. The van der Waals surface area contributed by atoms with E-state index in [2.05, 4.69) is 0 Å². The molecule has 0 spiro atoms. The zero-order chi connectivity index (χ0) is 12.8. The molecule has 7 nitrogen and oxygen atoms in total. The molecule has 0 saturated carbocycles. The van der Waals surface area contributed by atoms with Crippen molar-refractivity contribution in [3.63, 3.8) is 0 Å². The summed E-state index contributed by atoms with van der Waals surface area (Å²) < 4.78 is 32.0. The molecule has 0 atom stereocenters. The van der Waals surface area contributed by atoms with Crippen LogP contribution in [-0.4, -0.2) is 67.3 Å². The minimum absolute atomic E-state index is 1.51. The Labute approximate surface area is 99.7 Å². The van der Waals surface area contributed by atoms with E-state index in [1.165, 1.54) is 42.7 Å². The molecule has 0 aliphatic carbocycles. The molecule has 2 N–H and O–H groups in total. The van der Waals surface area contributed by atoms with Crippen molar-refractivity contribution >= 4 is 24.6 Å². The van der Waals surface area contributed by atoms with Gasteiger partial charge in [0.15, 0.2) is 0 Å². The van der Waals surface area contributed by atoms with Crippen LogP contribution in [0, 0.1) is 0 Å². The molecule has 0 aliphatic heterocycles. The van der Waals surface area contributed by atoms with E-state index in [0.29, 0.717) is 0 Å². The van der Waals surface area contributed by atoms with E-state index in [0.717, 1.165) is 0 Å². The van der Waals surface area contributed by atoms with Crippen LogP contribution >= 0.6 is 0 Å². The molecular weight excluding hydrogens is 266 g/mol. The summed E-state index contributed by atoms with van der Waals surface area (Å²) in [6.45, 7) is 0. The van der Waals surface area contributed by atoms with Crippen LogP contribution in [0.3, 0.4) is 0 Å². The van der Waals surface area contributed by atoms with Crippen LogP contribution in [0.15, 0.2) is 0 Å². The van der Waals surface area contributed by atoms with Gasteiger partial charge in [-0.25, -0.2) is 0 Å². The summed E-state index contributed by atoms with van der Waals surface area (Å²) in [6, 6.07) is 0. The molecule has 0 bridgehead atoms. The molecule has 0 saturated heterocycles. The van der Waals surface area contributed by atoms with Crippen LogP contribution < -0.4 is 5.40 Å². The van der Waals surface area contributed by atoms with E-state index in [-0.39, 0.29) is 0 Å². The van der Waals surface area contributed by atoms with E-state index in [1.54, 1.807) is 0 Å². The highest BCUT2D eigenvalue weighted by molar-refractivity contribution is 7.51. The smallest absolute Gasteiger partial charge is 0.379 e. The van der Waals surface area contributed by atoms with Crippen LogP contribution in [0.5, 0.6) is 0 Å². The Morgan fingerprint density at radius 2 is 0.812 bits per heavy atom. The predicted molar refractivity (Wildman–Crippen MR) is 64.9 cm³/mol. The third kappa shape index (κ3) is 2.79. The lowest BCUT2D eigenvalue weighted by molar-refractivity contribution is 0.132. The van der Waals surface area contributed by atoms with Crippen molar-refractivity contribution < 1.29 is 26.6 Å². The molecule has 10 heteroatoms. The highest BCUT2D eigenvalue weighted by Crippen LogP contribution is 2.18. The van der Waals surface area contributed by atoms with Gasteiger partial charge in [-0.2, -0.15) is 0 Å². The molecular formula is C6H21NO6Si3. The molecule has 0 rings (SSSR count).